The first-order valence-electron chi connectivity index (χ1n) is 5.13. The highest BCUT2D eigenvalue weighted by Gasteiger charge is 2.09. The highest BCUT2D eigenvalue weighted by molar-refractivity contribution is 5.38. The van der Waals surface area contributed by atoms with E-state index < -0.39 is 6.10 Å². The van der Waals surface area contributed by atoms with Gasteiger partial charge in [0.1, 0.15) is 6.10 Å². The van der Waals surface area contributed by atoms with E-state index in [-0.39, 0.29) is 0 Å². The van der Waals surface area contributed by atoms with Crippen LogP contribution in [0.4, 0.5) is 0 Å². The fourth-order valence-electron chi connectivity index (χ4n) is 1.30. The lowest BCUT2D eigenvalue weighted by molar-refractivity contribution is 0.254. The summed E-state index contributed by atoms with van der Waals surface area (Å²) in [5.41, 5.74) is 1.74. The zero-order chi connectivity index (χ0) is 11.7. The van der Waals surface area contributed by atoms with E-state index in [1.165, 1.54) is 0 Å². The van der Waals surface area contributed by atoms with Crippen LogP contribution in [0, 0.1) is 0 Å². The Balaban J connectivity index is 5.00. The van der Waals surface area contributed by atoms with Crippen molar-refractivity contribution >= 4 is 0 Å². The summed E-state index contributed by atoms with van der Waals surface area (Å²) in [5.74, 6) is 0. The highest BCUT2D eigenvalue weighted by Crippen LogP contribution is 2.15. The first kappa shape index (κ1) is 13.7. The van der Waals surface area contributed by atoms with Gasteiger partial charge in [-0.1, -0.05) is 49.1 Å². The molecule has 0 aliphatic rings. The average molecular weight is 204 g/mol. The number of hydrogen-bond acceptors (Lipinski definition) is 1. The van der Waals surface area contributed by atoms with Gasteiger partial charge in [0.05, 0.1) is 0 Å². The normalized spacial score (nSPS) is 16.3. The van der Waals surface area contributed by atoms with Gasteiger partial charge < -0.3 is 5.11 Å². The zero-order valence-corrected chi connectivity index (χ0v) is 9.77. The van der Waals surface area contributed by atoms with E-state index in [4.69, 9.17) is 0 Å². The fourth-order valence-corrected chi connectivity index (χ4v) is 1.30. The zero-order valence-electron chi connectivity index (χ0n) is 9.77. The maximum atomic E-state index is 10.1. The highest BCUT2D eigenvalue weighted by atomic mass is 16.3. The molecule has 0 aliphatic carbocycles. The first-order valence-corrected chi connectivity index (χ1v) is 5.13. The third kappa shape index (κ3) is 4.61. The third-order valence-electron chi connectivity index (χ3n) is 1.99. The lowest BCUT2D eigenvalue weighted by Gasteiger charge is -2.12. The molecule has 0 heterocycles. The molecule has 0 aromatic heterocycles. The van der Waals surface area contributed by atoms with Crippen molar-refractivity contribution in [3.05, 3.63) is 60.3 Å². The molecule has 0 aromatic rings. The Morgan fingerprint density at radius 3 is 2.00 bits per heavy atom. The number of rotatable bonds is 5. The van der Waals surface area contributed by atoms with Gasteiger partial charge in [-0.15, -0.1) is 0 Å². The lowest BCUT2D eigenvalue weighted by atomic mass is 10.00. The van der Waals surface area contributed by atoms with Crippen molar-refractivity contribution in [2.24, 2.45) is 0 Å². The van der Waals surface area contributed by atoms with Crippen molar-refractivity contribution in [1.82, 2.24) is 0 Å². The predicted octanol–water partition coefficient (Wildman–Crippen LogP) is 3.56. The molecular formula is C14H20O. The second kappa shape index (κ2) is 8.01. The maximum absolute atomic E-state index is 10.1. The Bertz CT molecular complexity index is 303. The molecule has 1 N–H and O–H groups in total. The minimum absolute atomic E-state index is 0.583. The van der Waals surface area contributed by atoms with E-state index in [0.717, 1.165) is 11.1 Å². The van der Waals surface area contributed by atoms with Crippen LogP contribution in [0.2, 0.25) is 0 Å². The van der Waals surface area contributed by atoms with E-state index in [0.29, 0.717) is 0 Å². The van der Waals surface area contributed by atoms with E-state index in [1.807, 2.05) is 57.2 Å². The summed E-state index contributed by atoms with van der Waals surface area (Å²) >= 11 is 0. The summed E-state index contributed by atoms with van der Waals surface area (Å²) < 4.78 is 0. The Kier molecular flexibility index (Phi) is 7.29. The van der Waals surface area contributed by atoms with Gasteiger partial charge in [-0.25, -0.2) is 0 Å². The third-order valence-corrected chi connectivity index (χ3v) is 1.99. The van der Waals surface area contributed by atoms with Gasteiger partial charge in [0, 0.05) is 0 Å². The van der Waals surface area contributed by atoms with Gasteiger partial charge in [0.25, 0.3) is 0 Å². The molecule has 0 saturated carbocycles. The second-order valence-electron chi connectivity index (χ2n) is 3.09. The predicted molar refractivity (Wildman–Crippen MR) is 67.7 cm³/mol. The van der Waals surface area contributed by atoms with Gasteiger partial charge in [0.15, 0.2) is 0 Å². The molecule has 15 heavy (non-hydrogen) atoms. The SMILES string of the molecule is C=C/C=C(\C=C/C)C(O)C(/C=C\C)=C/C. The lowest BCUT2D eigenvalue weighted by Crippen LogP contribution is -2.11. The van der Waals surface area contributed by atoms with Crippen LogP contribution in [-0.2, 0) is 0 Å². The van der Waals surface area contributed by atoms with Crippen molar-refractivity contribution in [2.45, 2.75) is 26.9 Å². The minimum Gasteiger partial charge on any atom is -0.384 e. The number of aliphatic hydroxyl groups is 1. The van der Waals surface area contributed by atoms with Crippen LogP contribution in [0.3, 0.4) is 0 Å². The standard InChI is InChI=1S/C14H20O/c1-5-9-12(8-4)14(15)13(10-6-2)11-7-3/h5-11,14-15H,2H2,1,3-4H3/b9-5-,11-7-,12-8+,13-10+. The molecule has 0 saturated heterocycles. The van der Waals surface area contributed by atoms with Gasteiger partial charge in [-0.3, -0.25) is 0 Å². The van der Waals surface area contributed by atoms with E-state index in [2.05, 4.69) is 6.58 Å². The van der Waals surface area contributed by atoms with E-state index >= 15 is 0 Å². The molecular weight excluding hydrogens is 184 g/mol. The molecule has 1 unspecified atom stereocenters. The van der Waals surface area contributed by atoms with Crippen LogP contribution in [0.1, 0.15) is 20.8 Å². The summed E-state index contributed by atoms with van der Waals surface area (Å²) in [7, 11) is 0. The molecule has 0 spiro atoms. The first-order chi connectivity index (χ1) is 7.21. The van der Waals surface area contributed by atoms with Gasteiger partial charge in [0.2, 0.25) is 0 Å². The molecule has 0 aromatic carbocycles. The fraction of sp³-hybridized carbons (Fsp3) is 0.286. The largest absolute Gasteiger partial charge is 0.384 e. The van der Waals surface area contributed by atoms with Crippen LogP contribution in [0.15, 0.2) is 60.3 Å². The van der Waals surface area contributed by atoms with Gasteiger partial charge in [-0.05, 0) is 31.9 Å². The van der Waals surface area contributed by atoms with Crippen LogP contribution < -0.4 is 0 Å². The summed E-state index contributed by atoms with van der Waals surface area (Å²) in [6.07, 6.45) is 12.4. The summed E-state index contributed by atoms with van der Waals surface area (Å²) in [5, 5.41) is 10.1. The van der Waals surface area contributed by atoms with Crippen molar-refractivity contribution in [3.63, 3.8) is 0 Å². The van der Waals surface area contributed by atoms with Crippen LogP contribution in [0.25, 0.3) is 0 Å². The van der Waals surface area contributed by atoms with Gasteiger partial charge >= 0.3 is 0 Å². The monoisotopic (exact) mass is 204 g/mol. The molecule has 82 valence electrons. The van der Waals surface area contributed by atoms with Crippen LogP contribution >= 0.6 is 0 Å². The number of allylic oxidation sites excluding steroid dienone is 5. The maximum Gasteiger partial charge on any atom is 0.104 e. The number of hydrogen-bond donors (Lipinski definition) is 1. The molecule has 1 nitrogen and oxygen atoms in total. The van der Waals surface area contributed by atoms with Crippen LogP contribution in [-0.4, -0.2) is 11.2 Å². The Morgan fingerprint density at radius 1 is 1.07 bits per heavy atom. The molecule has 0 rings (SSSR count). The second-order valence-corrected chi connectivity index (χ2v) is 3.09. The summed E-state index contributed by atoms with van der Waals surface area (Å²) in [4.78, 5) is 0. The molecule has 0 fully saturated rings. The van der Waals surface area contributed by atoms with Crippen molar-refractivity contribution in [1.29, 1.82) is 0 Å². The van der Waals surface area contributed by atoms with Crippen molar-refractivity contribution in [3.8, 4) is 0 Å². The number of aliphatic hydroxyl groups excluding tert-OH is 1. The quantitative estimate of drug-likeness (QED) is 0.679. The molecule has 1 atom stereocenters. The molecule has 0 bridgehead atoms. The smallest absolute Gasteiger partial charge is 0.104 e. The summed E-state index contributed by atoms with van der Waals surface area (Å²) in [6, 6.07) is 0. The molecule has 0 aliphatic heterocycles. The topological polar surface area (TPSA) is 20.2 Å². The Labute approximate surface area is 92.8 Å². The Morgan fingerprint density at radius 2 is 1.60 bits per heavy atom. The molecule has 1 heteroatoms. The molecule has 0 radical (unpaired) electrons. The average Bonchev–Trinajstić information content (AvgIpc) is 2.24. The minimum atomic E-state index is -0.583. The molecule has 0 amide bonds. The Hall–Kier alpha value is -1.34. The van der Waals surface area contributed by atoms with E-state index in [1.54, 1.807) is 6.08 Å². The van der Waals surface area contributed by atoms with Crippen LogP contribution in [0.5, 0.6) is 0 Å². The van der Waals surface area contributed by atoms with E-state index in [9.17, 15) is 5.11 Å². The van der Waals surface area contributed by atoms with Crippen molar-refractivity contribution in [2.75, 3.05) is 0 Å². The van der Waals surface area contributed by atoms with Gasteiger partial charge in [-0.2, -0.15) is 0 Å². The van der Waals surface area contributed by atoms with Crippen molar-refractivity contribution < 1.29 is 5.11 Å². The summed E-state index contributed by atoms with van der Waals surface area (Å²) in [6.45, 7) is 9.41.